The molecule has 0 spiro atoms. The molecule has 0 N–H and O–H groups in total. The highest BCUT2D eigenvalue weighted by Crippen LogP contribution is 2.39. The number of oxazole rings is 1. The quantitative estimate of drug-likeness (QED) is 0.624. The summed E-state index contributed by atoms with van der Waals surface area (Å²) in [4.78, 5) is 23.2. The SMILES string of the molecule is CN(C)S(=O)(=O)n1cnc2c1CN(C(=O)OC(C)(C)C)C2c1nc2ccccc2o1. The fourth-order valence-corrected chi connectivity index (χ4v) is 4.22. The van der Waals surface area contributed by atoms with Gasteiger partial charge in [0.1, 0.15) is 17.4 Å². The summed E-state index contributed by atoms with van der Waals surface area (Å²) in [6, 6.07) is 6.42. The molecular formula is C19H23N5O5S. The van der Waals surface area contributed by atoms with Gasteiger partial charge in [0.2, 0.25) is 5.89 Å². The Labute approximate surface area is 174 Å². The van der Waals surface area contributed by atoms with E-state index in [4.69, 9.17) is 9.15 Å². The van der Waals surface area contributed by atoms with Crippen molar-refractivity contribution in [1.29, 1.82) is 0 Å². The molecule has 4 rings (SSSR count). The highest BCUT2D eigenvalue weighted by atomic mass is 32.2. The van der Waals surface area contributed by atoms with Crippen molar-refractivity contribution in [2.75, 3.05) is 14.1 Å². The number of rotatable bonds is 3. The molecular weight excluding hydrogens is 410 g/mol. The molecule has 0 bridgehead atoms. The Balaban J connectivity index is 1.84. The summed E-state index contributed by atoms with van der Waals surface area (Å²) in [5.41, 5.74) is 1.21. The molecule has 30 heavy (non-hydrogen) atoms. The second kappa shape index (κ2) is 6.81. The molecule has 0 radical (unpaired) electrons. The molecule has 160 valence electrons. The number of imidazole rings is 1. The summed E-state index contributed by atoms with van der Waals surface area (Å²) >= 11 is 0. The lowest BCUT2D eigenvalue weighted by atomic mass is 10.2. The second-order valence-corrected chi connectivity index (χ2v) is 10.2. The largest absolute Gasteiger partial charge is 0.444 e. The van der Waals surface area contributed by atoms with E-state index in [1.807, 2.05) is 12.1 Å². The van der Waals surface area contributed by atoms with Crippen molar-refractivity contribution >= 4 is 27.4 Å². The maximum Gasteiger partial charge on any atom is 0.411 e. The van der Waals surface area contributed by atoms with Crippen LogP contribution in [0.2, 0.25) is 0 Å². The van der Waals surface area contributed by atoms with E-state index >= 15 is 0 Å². The van der Waals surface area contributed by atoms with Gasteiger partial charge in [-0.05, 0) is 32.9 Å². The van der Waals surface area contributed by atoms with Crippen LogP contribution in [-0.4, -0.2) is 57.4 Å². The van der Waals surface area contributed by atoms with Crippen molar-refractivity contribution in [1.82, 2.24) is 23.1 Å². The van der Waals surface area contributed by atoms with Gasteiger partial charge in [0.15, 0.2) is 11.6 Å². The van der Waals surface area contributed by atoms with Crippen LogP contribution in [0, 0.1) is 0 Å². The minimum atomic E-state index is -3.82. The molecule has 1 atom stereocenters. The predicted molar refractivity (Wildman–Crippen MR) is 108 cm³/mol. The monoisotopic (exact) mass is 433 g/mol. The van der Waals surface area contributed by atoms with E-state index in [0.29, 0.717) is 22.5 Å². The zero-order valence-electron chi connectivity index (χ0n) is 17.4. The van der Waals surface area contributed by atoms with Crippen LogP contribution in [0.25, 0.3) is 11.1 Å². The smallest absolute Gasteiger partial charge is 0.411 e. The van der Waals surface area contributed by atoms with E-state index in [1.54, 1.807) is 32.9 Å². The summed E-state index contributed by atoms with van der Waals surface area (Å²) in [5, 5.41) is 0. The van der Waals surface area contributed by atoms with Crippen molar-refractivity contribution in [3.63, 3.8) is 0 Å². The van der Waals surface area contributed by atoms with Crippen LogP contribution in [0.3, 0.4) is 0 Å². The number of hydrogen-bond donors (Lipinski definition) is 0. The van der Waals surface area contributed by atoms with Crippen molar-refractivity contribution < 1.29 is 22.4 Å². The Bertz CT molecular complexity index is 1190. The maximum absolute atomic E-state index is 13.0. The Morgan fingerprint density at radius 2 is 1.97 bits per heavy atom. The third-order valence-electron chi connectivity index (χ3n) is 4.64. The van der Waals surface area contributed by atoms with E-state index in [9.17, 15) is 13.2 Å². The van der Waals surface area contributed by atoms with Crippen LogP contribution in [-0.2, 0) is 21.5 Å². The number of fused-ring (bicyclic) bond motifs is 2. The highest BCUT2D eigenvalue weighted by molar-refractivity contribution is 7.87. The van der Waals surface area contributed by atoms with E-state index < -0.39 is 27.9 Å². The number of amides is 1. The fourth-order valence-electron chi connectivity index (χ4n) is 3.27. The molecule has 1 aromatic carbocycles. The third-order valence-corrected chi connectivity index (χ3v) is 6.37. The Hall–Kier alpha value is -2.92. The van der Waals surface area contributed by atoms with E-state index in [0.717, 1.165) is 8.28 Å². The highest BCUT2D eigenvalue weighted by Gasteiger charge is 2.44. The predicted octanol–water partition coefficient (Wildman–Crippen LogP) is 2.52. The first-order valence-electron chi connectivity index (χ1n) is 9.33. The standard InChI is InChI=1S/C19H23N5O5S/c1-19(2,3)29-18(25)23-10-13-15(20-11-24(13)30(26,27)22(4)5)16(23)17-21-12-8-6-7-9-14(12)28-17/h6-9,11,16H,10H2,1-5H3. The van der Waals surface area contributed by atoms with Gasteiger partial charge in [0.05, 0.1) is 17.9 Å². The van der Waals surface area contributed by atoms with Crippen molar-refractivity contribution in [2.45, 2.75) is 39.0 Å². The zero-order chi connectivity index (χ0) is 21.8. The molecule has 1 aliphatic rings. The van der Waals surface area contributed by atoms with Crippen LogP contribution >= 0.6 is 0 Å². The van der Waals surface area contributed by atoms with Crippen molar-refractivity contribution in [2.24, 2.45) is 0 Å². The molecule has 1 aliphatic heterocycles. The summed E-state index contributed by atoms with van der Waals surface area (Å²) in [5.74, 6) is 0.244. The number of aromatic nitrogens is 3. The lowest BCUT2D eigenvalue weighted by Crippen LogP contribution is -2.37. The topological polar surface area (TPSA) is 111 Å². The first kappa shape index (κ1) is 20.4. The lowest BCUT2D eigenvalue weighted by Gasteiger charge is -2.27. The van der Waals surface area contributed by atoms with Crippen molar-refractivity contribution in [3.05, 3.63) is 47.9 Å². The van der Waals surface area contributed by atoms with Gasteiger partial charge in [-0.15, -0.1) is 0 Å². The van der Waals surface area contributed by atoms with Crippen LogP contribution < -0.4 is 0 Å². The summed E-state index contributed by atoms with van der Waals surface area (Å²) in [7, 11) is -0.953. The fraction of sp³-hybridized carbons (Fsp3) is 0.421. The van der Waals surface area contributed by atoms with Gasteiger partial charge in [-0.2, -0.15) is 12.7 Å². The average molecular weight is 433 g/mol. The Kier molecular flexibility index (Phi) is 4.62. The average Bonchev–Trinajstić information content (AvgIpc) is 3.31. The van der Waals surface area contributed by atoms with Crippen LogP contribution in [0.4, 0.5) is 4.79 Å². The van der Waals surface area contributed by atoms with E-state index in [2.05, 4.69) is 9.97 Å². The molecule has 3 aromatic rings. The van der Waals surface area contributed by atoms with Gasteiger partial charge in [-0.3, -0.25) is 4.90 Å². The van der Waals surface area contributed by atoms with Gasteiger partial charge in [0, 0.05) is 14.1 Å². The van der Waals surface area contributed by atoms with Gasteiger partial charge in [-0.25, -0.2) is 18.7 Å². The lowest BCUT2D eigenvalue weighted by molar-refractivity contribution is 0.0179. The normalized spacial score (nSPS) is 17.0. The maximum atomic E-state index is 13.0. The molecule has 10 nitrogen and oxygen atoms in total. The van der Waals surface area contributed by atoms with Gasteiger partial charge < -0.3 is 9.15 Å². The third kappa shape index (κ3) is 3.33. The van der Waals surface area contributed by atoms with Crippen LogP contribution in [0.15, 0.2) is 35.0 Å². The van der Waals surface area contributed by atoms with Crippen LogP contribution in [0.1, 0.15) is 44.1 Å². The number of carbonyl (C=O) groups excluding carboxylic acids is 1. The molecule has 2 aromatic heterocycles. The van der Waals surface area contributed by atoms with E-state index in [1.165, 1.54) is 25.3 Å². The number of hydrogen-bond acceptors (Lipinski definition) is 7. The molecule has 1 unspecified atom stereocenters. The summed E-state index contributed by atoms with van der Waals surface area (Å²) in [6.07, 6.45) is 0.629. The van der Waals surface area contributed by atoms with Crippen LogP contribution in [0.5, 0.6) is 0 Å². The summed E-state index contributed by atoms with van der Waals surface area (Å²) < 4.78 is 39.0. The first-order valence-corrected chi connectivity index (χ1v) is 10.7. The molecule has 0 aliphatic carbocycles. The number of carbonyl (C=O) groups is 1. The number of para-hydroxylation sites is 2. The molecule has 0 saturated carbocycles. The molecule has 0 fully saturated rings. The number of benzene rings is 1. The molecule has 11 heteroatoms. The molecule has 1 amide bonds. The molecule has 0 saturated heterocycles. The van der Waals surface area contributed by atoms with Crippen molar-refractivity contribution in [3.8, 4) is 0 Å². The van der Waals surface area contributed by atoms with Gasteiger partial charge >= 0.3 is 16.3 Å². The number of ether oxygens (including phenoxy) is 1. The second-order valence-electron chi connectivity index (χ2n) is 8.19. The zero-order valence-corrected chi connectivity index (χ0v) is 18.2. The minimum absolute atomic E-state index is 0.0132. The number of nitrogens with zero attached hydrogens (tertiary/aromatic N) is 5. The molecule has 3 heterocycles. The van der Waals surface area contributed by atoms with E-state index in [-0.39, 0.29) is 12.4 Å². The minimum Gasteiger partial charge on any atom is -0.444 e. The van der Waals surface area contributed by atoms with Gasteiger partial charge in [-0.1, -0.05) is 12.1 Å². The first-order chi connectivity index (χ1) is 14.0. The van der Waals surface area contributed by atoms with Gasteiger partial charge in [0.25, 0.3) is 0 Å². The Morgan fingerprint density at radius 3 is 2.60 bits per heavy atom. The Morgan fingerprint density at radius 1 is 1.27 bits per heavy atom. The summed E-state index contributed by atoms with van der Waals surface area (Å²) in [6.45, 7) is 5.27.